The summed E-state index contributed by atoms with van der Waals surface area (Å²) in [6, 6.07) is 6.35. The van der Waals surface area contributed by atoms with Crippen LogP contribution in [0.25, 0.3) is 0 Å². The Bertz CT molecular complexity index is 549. The summed E-state index contributed by atoms with van der Waals surface area (Å²) >= 11 is 0. The van der Waals surface area contributed by atoms with Crippen molar-refractivity contribution in [3.8, 4) is 0 Å². The zero-order valence-corrected chi connectivity index (χ0v) is 13.4. The van der Waals surface area contributed by atoms with E-state index in [1.807, 2.05) is 6.07 Å². The second kappa shape index (κ2) is 7.27. The minimum Gasteiger partial charge on any atom is -0.472 e. The normalized spacial score (nSPS) is 11.1. The Labute approximate surface area is 127 Å². The third-order valence-corrected chi connectivity index (χ3v) is 3.45. The first kappa shape index (κ1) is 15.6. The highest BCUT2D eigenvalue weighted by molar-refractivity contribution is 5.43. The lowest BCUT2D eigenvalue weighted by Crippen LogP contribution is -2.19. The number of hydrogen-bond donors (Lipinski definition) is 1. The van der Waals surface area contributed by atoms with Crippen molar-refractivity contribution in [3.05, 3.63) is 47.5 Å². The molecule has 0 unspecified atom stereocenters. The quantitative estimate of drug-likeness (QED) is 0.845. The van der Waals surface area contributed by atoms with Crippen LogP contribution in [0.5, 0.6) is 0 Å². The van der Waals surface area contributed by atoms with Gasteiger partial charge in [-0.2, -0.15) is 0 Å². The molecule has 0 aliphatic rings. The fraction of sp³-hybridized carbons (Fsp3) is 0.471. The molecule has 2 aromatic heterocycles. The molecule has 4 heteroatoms. The van der Waals surface area contributed by atoms with E-state index in [4.69, 9.17) is 9.40 Å². The minimum atomic E-state index is 0.424. The fourth-order valence-corrected chi connectivity index (χ4v) is 2.19. The Morgan fingerprint density at radius 3 is 2.71 bits per heavy atom. The topological polar surface area (TPSA) is 41.3 Å². The molecule has 114 valence electrons. The van der Waals surface area contributed by atoms with Crippen LogP contribution >= 0.6 is 0 Å². The van der Waals surface area contributed by atoms with Crippen LogP contribution in [0, 0.1) is 0 Å². The third-order valence-electron chi connectivity index (χ3n) is 3.45. The number of rotatable bonds is 7. The van der Waals surface area contributed by atoms with Crippen LogP contribution in [-0.4, -0.2) is 18.6 Å². The van der Waals surface area contributed by atoms with Crippen molar-refractivity contribution >= 4 is 5.82 Å². The summed E-state index contributed by atoms with van der Waals surface area (Å²) in [5, 5.41) is 3.38. The highest BCUT2D eigenvalue weighted by Crippen LogP contribution is 2.21. The Balaban J connectivity index is 2.21. The second-order valence-corrected chi connectivity index (χ2v) is 5.68. The maximum Gasteiger partial charge on any atom is 0.129 e. The first-order valence-corrected chi connectivity index (χ1v) is 7.54. The van der Waals surface area contributed by atoms with Crippen LogP contribution in [-0.2, 0) is 13.1 Å². The molecule has 0 saturated carbocycles. The minimum absolute atomic E-state index is 0.424. The van der Waals surface area contributed by atoms with E-state index >= 15 is 0 Å². The molecule has 0 fully saturated rings. The van der Waals surface area contributed by atoms with E-state index in [9.17, 15) is 0 Å². The highest BCUT2D eigenvalue weighted by Gasteiger charge is 2.10. The predicted molar refractivity (Wildman–Crippen MR) is 86.5 cm³/mol. The molecule has 2 rings (SSSR count). The van der Waals surface area contributed by atoms with E-state index in [0.29, 0.717) is 5.92 Å². The molecular formula is C17H25N3O. The average Bonchev–Trinajstić information content (AvgIpc) is 2.97. The Kier molecular flexibility index (Phi) is 5.39. The van der Waals surface area contributed by atoms with Gasteiger partial charge in [0.05, 0.1) is 12.5 Å². The molecule has 2 heterocycles. The molecule has 0 amide bonds. The van der Waals surface area contributed by atoms with E-state index in [0.717, 1.165) is 36.7 Å². The molecule has 0 aliphatic carbocycles. The molecule has 2 aromatic rings. The van der Waals surface area contributed by atoms with Gasteiger partial charge in [-0.1, -0.05) is 20.8 Å². The van der Waals surface area contributed by atoms with E-state index in [2.05, 4.69) is 50.2 Å². The molecular weight excluding hydrogens is 262 g/mol. The number of nitrogens with one attached hydrogen (secondary N) is 1. The molecule has 0 radical (unpaired) electrons. The van der Waals surface area contributed by atoms with Crippen molar-refractivity contribution in [2.75, 3.05) is 18.5 Å². The number of hydrogen-bond acceptors (Lipinski definition) is 4. The molecule has 0 aromatic carbocycles. The lowest BCUT2D eigenvalue weighted by atomic mass is 10.1. The van der Waals surface area contributed by atoms with Crippen molar-refractivity contribution < 1.29 is 4.42 Å². The van der Waals surface area contributed by atoms with Crippen molar-refractivity contribution in [1.29, 1.82) is 0 Å². The van der Waals surface area contributed by atoms with Gasteiger partial charge in [0.25, 0.3) is 0 Å². The molecule has 0 aliphatic heterocycles. The number of anilines is 1. The third kappa shape index (κ3) is 4.33. The summed E-state index contributed by atoms with van der Waals surface area (Å²) in [4.78, 5) is 6.95. The predicted octanol–water partition coefficient (Wildman–Crippen LogP) is 3.54. The molecule has 21 heavy (non-hydrogen) atoms. The standard InChI is InChI=1S/C17H25N3O/c1-5-18-10-15-8-16(13(2)3)19-17(9-15)20(4)11-14-6-7-21-12-14/h6-9,12-13,18H,5,10-11H2,1-4H3. The number of aromatic nitrogens is 1. The Hall–Kier alpha value is -1.81. The molecule has 0 atom stereocenters. The van der Waals surface area contributed by atoms with Gasteiger partial charge < -0.3 is 14.6 Å². The summed E-state index contributed by atoms with van der Waals surface area (Å²) < 4.78 is 5.13. The van der Waals surface area contributed by atoms with Gasteiger partial charge in [0, 0.05) is 31.4 Å². The maximum absolute atomic E-state index is 5.13. The monoisotopic (exact) mass is 287 g/mol. The van der Waals surface area contributed by atoms with Gasteiger partial charge in [-0.15, -0.1) is 0 Å². The first-order chi connectivity index (χ1) is 10.1. The number of nitrogens with zero attached hydrogens (tertiary/aromatic N) is 2. The smallest absolute Gasteiger partial charge is 0.129 e. The molecule has 0 saturated heterocycles. The van der Waals surface area contributed by atoms with Gasteiger partial charge in [0.1, 0.15) is 5.82 Å². The van der Waals surface area contributed by atoms with Crippen LogP contribution in [0.2, 0.25) is 0 Å². The van der Waals surface area contributed by atoms with Crippen LogP contribution in [0.3, 0.4) is 0 Å². The first-order valence-electron chi connectivity index (χ1n) is 7.54. The number of pyridine rings is 1. The molecule has 4 nitrogen and oxygen atoms in total. The van der Waals surface area contributed by atoms with Crippen LogP contribution in [0.4, 0.5) is 5.82 Å². The van der Waals surface area contributed by atoms with Gasteiger partial charge in [0.15, 0.2) is 0 Å². The van der Waals surface area contributed by atoms with Gasteiger partial charge in [-0.05, 0) is 36.2 Å². The van der Waals surface area contributed by atoms with Gasteiger partial charge in [0.2, 0.25) is 0 Å². The van der Waals surface area contributed by atoms with Crippen molar-refractivity contribution in [1.82, 2.24) is 10.3 Å². The Morgan fingerprint density at radius 1 is 1.29 bits per heavy atom. The maximum atomic E-state index is 5.13. The van der Waals surface area contributed by atoms with E-state index in [1.54, 1.807) is 12.5 Å². The van der Waals surface area contributed by atoms with Crippen molar-refractivity contribution in [3.63, 3.8) is 0 Å². The number of furan rings is 1. The van der Waals surface area contributed by atoms with Gasteiger partial charge >= 0.3 is 0 Å². The largest absolute Gasteiger partial charge is 0.472 e. The summed E-state index contributed by atoms with van der Waals surface area (Å²) in [5.41, 5.74) is 3.58. The average molecular weight is 287 g/mol. The molecule has 0 bridgehead atoms. The summed E-state index contributed by atoms with van der Waals surface area (Å²) in [7, 11) is 2.07. The van der Waals surface area contributed by atoms with Crippen LogP contribution in [0.15, 0.2) is 35.1 Å². The van der Waals surface area contributed by atoms with E-state index < -0.39 is 0 Å². The summed E-state index contributed by atoms with van der Waals surface area (Å²) in [6.45, 7) is 9.13. The Morgan fingerprint density at radius 2 is 2.10 bits per heavy atom. The zero-order valence-electron chi connectivity index (χ0n) is 13.4. The van der Waals surface area contributed by atoms with Crippen LogP contribution < -0.4 is 10.2 Å². The second-order valence-electron chi connectivity index (χ2n) is 5.68. The van der Waals surface area contributed by atoms with Gasteiger partial charge in [-0.3, -0.25) is 0 Å². The van der Waals surface area contributed by atoms with Crippen LogP contribution in [0.1, 0.15) is 43.5 Å². The summed E-state index contributed by atoms with van der Waals surface area (Å²) in [5.74, 6) is 1.43. The highest BCUT2D eigenvalue weighted by atomic mass is 16.3. The van der Waals surface area contributed by atoms with E-state index in [-0.39, 0.29) is 0 Å². The molecule has 1 N–H and O–H groups in total. The van der Waals surface area contributed by atoms with E-state index in [1.165, 1.54) is 5.56 Å². The lowest BCUT2D eigenvalue weighted by Gasteiger charge is -2.20. The SMILES string of the molecule is CCNCc1cc(C(C)C)nc(N(C)Cc2ccoc2)c1. The van der Waals surface area contributed by atoms with Gasteiger partial charge in [-0.25, -0.2) is 4.98 Å². The molecule has 0 spiro atoms. The van der Waals surface area contributed by atoms with Crippen molar-refractivity contribution in [2.45, 2.75) is 39.8 Å². The summed E-state index contributed by atoms with van der Waals surface area (Å²) in [6.07, 6.45) is 3.49. The lowest BCUT2D eigenvalue weighted by molar-refractivity contribution is 0.563. The fourth-order valence-electron chi connectivity index (χ4n) is 2.19. The van der Waals surface area contributed by atoms with Crippen molar-refractivity contribution in [2.24, 2.45) is 0 Å². The zero-order chi connectivity index (χ0) is 15.2.